The van der Waals surface area contributed by atoms with Crippen LogP contribution in [0.4, 0.5) is 4.79 Å². The van der Waals surface area contributed by atoms with Crippen molar-refractivity contribution in [3.05, 3.63) is 26.6 Å². The van der Waals surface area contributed by atoms with Gasteiger partial charge in [-0.3, -0.25) is 5.32 Å². The Balaban J connectivity index is 2.58. The summed E-state index contributed by atoms with van der Waals surface area (Å²) in [7, 11) is 0. The lowest BCUT2D eigenvalue weighted by Gasteiger charge is -2.23. The number of amides is 1. The average molecular weight is 323 g/mol. The molecule has 1 amide bonds. The third-order valence-electron chi connectivity index (χ3n) is 1.78. The second kappa shape index (κ2) is 3.52. The number of aliphatic hydroxyl groups excluding tert-OH is 1. The van der Waals surface area contributed by atoms with Crippen LogP contribution in [0.5, 0.6) is 5.75 Å². The van der Waals surface area contributed by atoms with E-state index in [9.17, 15) is 9.90 Å². The van der Waals surface area contributed by atoms with Crippen molar-refractivity contribution in [2.45, 2.75) is 6.23 Å². The van der Waals surface area contributed by atoms with E-state index in [1.165, 1.54) is 0 Å². The van der Waals surface area contributed by atoms with Crippen LogP contribution < -0.4 is 10.1 Å². The van der Waals surface area contributed by atoms with Gasteiger partial charge in [-0.2, -0.15) is 0 Å². The van der Waals surface area contributed by atoms with Crippen molar-refractivity contribution >= 4 is 38.0 Å². The summed E-state index contributed by atoms with van der Waals surface area (Å²) in [4.78, 5) is 10.9. The maximum atomic E-state index is 10.9. The zero-order valence-corrected chi connectivity index (χ0v) is 9.92. The number of aliphatic hydroxyl groups is 1. The molecule has 1 aliphatic rings. The van der Waals surface area contributed by atoms with Crippen molar-refractivity contribution in [1.29, 1.82) is 0 Å². The van der Waals surface area contributed by atoms with E-state index in [0.29, 0.717) is 15.8 Å². The first-order chi connectivity index (χ1) is 6.58. The zero-order chi connectivity index (χ0) is 10.3. The topological polar surface area (TPSA) is 58.6 Å². The van der Waals surface area contributed by atoms with Crippen molar-refractivity contribution in [2.24, 2.45) is 0 Å². The Bertz CT molecular complexity index is 408. The summed E-state index contributed by atoms with van der Waals surface area (Å²) in [6.45, 7) is 0. The number of benzene rings is 1. The predicted octanol–water partition coefficient (Wildman–Crippen LogP) is 2.30. The molecule has 74 valence electrons. The molecule has 0 saturated carbocycles. The normalized spacial score (nSPS) is 19.6. The second-order valence-corrected chi connectivity index (χ2v) is 4.51. The van der Waals surface area contributed by atoms with Crippen molar-refractivity contribution < 1.29 is 14.6 Å². The molecule has 1 aliphatic heterocycles. The smallest absolute Gasteiger partial charge is 0.409 e. The Morgan fingerprint density at radius 1 is 1.43 bits per heavy atom. The highest BCUT2D eigenvalue weighted by Gasteiger charge is 2.26. The van der Waals surface area contributed by atoms with Crippen LogP contribution in [0.3, 0.4) is 0 Å². The minimum atomic E-state index is -1.03. The maximum absolute atomic E-state index is 10.9. The summed E-state index contributed by atoms with van der Waals surface area (Å²) < 4.78 is 6.32. The zero-order valence-electron chi connectivity index (χ0n) is 6.75. The molecular formula is C8H5Br2NO3. The number of carbonyl (C=O) groups excluding carboxylic acids is 1. The van der Waals surface area contributed by atoms with Gasteiger partial charge in [0.2, 0.25) is 0 Å². The molecule has 0 aromatic heterocycles. The van der Waals surface area contributed by atoms with Crippen LogP contribution >= 0.6 is 31.9 Å². The molecule has 4 nitrogen and oxygen atoms in total. The molecule has 0 spiro atoms. The molecule has 2 rings (SSSR count). The Labute approximate surface area is 96.5 Å². The van der Waals surface area contributed by atoms with Gasteiger partial charge in [0.1, 0.15) is 0 Å². The molecule has 0 radical (unpaired) electrons. The molecule has 14 heavy (non-hydrogen) atoms. The first-order valence-electron chi connectivity index (χ1n) is 3.73. The fraction of sp³-hybridized carbons (Fsp3) is 0.125. The molecule has 6 heteroatoms. The molecule has 0 unspecified atom stereocenters. The number of ether oxygens (including phenoxy) is 1. The largest absolute Gasteiger partial charge is 0.414 e. The summed E-state index contributed by atoms with van der Waals surface area (Å²) in [6.07, 6.45) is -1.69. The lowest BCUT2D eigenvalue weighted by atomic mass is 10.1. The van der Waals surface area contributed by atoms with Gasteiger partial charge < -0.3 is 9.84 Å². The first-order valence-corrected chi connectivity index (χ1v) is 5.32. The standard InChI is InChI=1S/C8H5Br2NO3/c9-3-1-4-6(5(10)2-3)14-8(13)11-7(4)12/h1-2,7,12H,(H,11,13)/t7-/m0/s1. The van der Waals surface area contributed by atoms with E-state index in [1.54, 1.807) is 12.1 Å². The summed E-state index contributed by atoms with van der Waals surface area (Å²) in [5, 5.41) is 11.8. The van der Waals surface area contributed by atoms with Crippen molar-refractivity contribution in [1.82, 2.24) is 5.32 Å². The maximum Gasteiger partial charge on any atom is 0.414 e. The van der Waals surface area contributed by atoms with Crippen LogP contribution in [0.1, 0.15) is 11.8 Å². The molecule has 0 fully saturated rings. The van der Waals surface area contributed by atoms with E-state index >= 15 is 0 Å². The third-order valence-corrected chi connectivity index (χ3v) is 2.83. The van der Waals surface area contributed by atoms with Crippen molar-refractivity contribution in [3.63, 3.8) is 0 Å². The summed E-state index contributed by atoms with van der Waals surface area (Å²) in [5.74, 6) is 0.351. The number of nitrogens with one attached hydrogen (secondary N) is 1. The molecule has 1 aromatic rings. The minimum Gasteiger partial charge on any atom is -0.409 e. The Morgan fingerprint density at radius 2 is 2.14 bits per heavy atom. The van der Waals surface area contributed by atoms with E-state index in [0.717, 1.165) is 4.47 Å². The van der Waals surface area contributed by atoms with Crippen molar-refractivity contribution in [3.8, 4) is 5.75 Å². The molecular weight excluding hydrogens is 318 g/mol. The minimum absolute atomic E-state index is 0.351. The van der Waals surface area contributed by atoms with Gasteiger partial charge in [-0.05, 0) is 28.1 Å². The fourth-order valence-electron chi connectivity index (χ4n) is 1.20. The van der Waals surface area contributed by atoms with Gasteiger partial charge in [0.25, 0.3) is 0 Å². The fourth-order valence-corrected chi connectivity index (χ4v) is 2.54. The van der Waals surface area contributed by atoms with Gasteiger partial charge in [0.15, 0.2) is 12.0 Å². The monoisotopic (exact) mass is 321 g/mol. The quantitative estimate of drug-likeness (QED) is 0.770. The van der Waals surface area contributed by atoms with Crippen LogP contribution in [0, 0.1) is 0 Å². The Hall–Kier alpha value is -0.590. The van der Waals surface area contributed by atoms with Crippen LogP contribution in [0.15, 0.2) is 21.1 Å². The number of halogens is 2. The van der Waals surface area contributed by atoms with E-state index in [2.05, 4.69) is 37.2 Å². The predicted molar refractivity (Wildman–Crippen MR) is 56.0 cm³/mol. The average Bonchev–Trinajstić information content (AvgIpc) is 2.07. The number of carbonyl (C=O) groups is 1. The molecule has 1 heterocycles. The molecule has 2 N–H and O–H groups in total. The second-order valence-electron chi connectivity index (χ2n) is 2.74. The van der Waals surface area contributed by atoms with Gasteiger partial charge in [-0.1, -0.05) is 15.9 Å². The lowest BCUT2D eigenvalue weighted by Crippen LogP contribution is -2.35. The van der Waals surface area contributed by atoms with E-state index < -0.39 is 12.3 Å². The number of fused-ring (bicyclic) bond motifs is 1. The number of hydrogen-bond donors (Lipinski definition) is 2. The highest BCUT2D eigenvalue weighted by Crippen LogP contribution is 2.37. The highest BCUT2D eigenvalue weighted by molar-refractivity contribution is 9.11. The van der Waals surface area contributed by atoms with Gasteiger partial charge in [0, 0.05) is 10.0 Å². The van der Waals surface area contributed by atoms with Crippen LogP contribution in [-0.4, -0.2) is 11.2 Å². The molecule has 0 bridgehead atoms. The van der Waals surface area contributed by atoms with E-state index in [4.69, 9.17) is 4.74 Å². The Morgan fingerprint density at radius 3 is 2.86 bits per heavy atom. The third kappa shape index (κ3) is 1.65. The van der Waals surface area contributed by atoms with Gasteiger partial charge in [-0.25, -0.2) is 4.79 Å². The van der Waals surface area contributed by atoms with Gasteiger partial charge in [-0.15, -0.1) is 0 Å². The molecule has 0 aliphatic carbocycles. The first kappa shape index (κ1) is 9.95. The van der Waals surface area contributed by atoms with Crippen LogP contribution in [0.2, 0.25) is 0 Å². The van der Waals surface area contributed by atoms with E-state index in [-0.39, 0.29) is 0 Å². The Kier molecular flexibility index (Phi) is 2.50. The molecule has 0 saturated heterocycles. The van der Waals surface area contributed by atoms with Gasteiger partial charge in [0.05, 0.1) is 4.47 Å². The lowest BCUT2D eigenvalue weighted by molar-refractivity contribution is 0.108. The summed E-state index contributed by atoms with van der Waals surface area (Å²) >= 11 is 6.52. The number of rotatable bonds is 0. The van der Waals surface area contributed by atoms with Crippen molar-refractivity contribution in [2.75, 3.05) is 0 Å². The number of hydrogen-bond acceptors (Lipinski definition) is 3. The van der Waals surface area contributed by atoms with Crippen LogP contribution in [-0.2, 0) is 0 Å². The summed E-state index contributed by atoms with van der Waals surface area (Å²) in [6, 6.07) is 3.42. The van der Waals surface area contributed by atoms with E-state index in [1.807, 2.05) is 0 Å². The summed E-state index contributed by atoms with van der Waals surface area (Å²) in [5.41, 5.74) is 0.519. The highest BCUT2D eigenvalue weighted by atomic mass is 79.9. The SMILES string of the molecule is O=C1N[C@@H](O)c2cc(Br)cc(Br)c2O1. The van der Waals surface area contributed by atoms with Crippen LogP contribution in [0.25, 0.3) is 0 Å². The molecule has 1 aromatic carbocycles. The van der Waals surface area contributed by atoms with Gasteiger partial charge >= 0.3 is 6.09 Å². The molecule has 1 atom stereocenters.